The second-order valence-electron chi connectivity index (χ2n) is 5.77. The molecule has 0 aliphatic heterocycles. The molecule has 0 spiro atoms. The number of anilines is 4. The topological polar surface area (TPSA) is 73.6 Å². The van der Waals surface area contributed by atoms with Crippen molar-refractivity contribution < 1.29 is 13.2 Å². The molecule has 0 fully saturated rings. The van der Waals surface area contributed by atoms with Crippen molar-refractivity contribution in [2.45, 2.75) is 13.1 Å². The molecule has 1 aromatic heterocycles. The van der Waals surface area contributed by atoms with E-state index >= 15 is 0 Å². The minimum absolute atomic E-state index is 0.0209. The average molecular weight is 369 g/mol. The van der Waals surface area contributed by atoms with Gasteiger partial charge in [-0.2, -0.15) is 23.4 Å². The minimum atomic E-state index is -4.63. The summed E-state index contributed by atoms with van der Waals surface area (Å²) in [6.07, 6.45) is -3.90. The highest BCUT2D eigenvalue weighted by Gasteiger charge is 2.35. The third-order valence-electron chi connectivity index (χ3n) is 3.62. The van der Waals surface area contributed by atoms with Crippen LogP contribution in [0.1, 0.15) is 16.7 Å². The molecule has 0 saturated carbocycles. The number of aryl methyl sites for hydroxylation is 1. The van der Waals surface area contributed by atoms with Crippen molar-refractivity contribution in [3.05, 3.63) is 71.4 Å². The number of nitrogens with zero attached hydrogens (tertiary/aromatic N) is 3. The van der Waals surface area contributed by atoms with Crippen LogP contribution in [0.4, 0.5) is 36.3 Å². The van der Waals surface area contributed by atoms with Gasteiger partial charge in [0.2, 0.25) is 5.95 Å². The Morgan fingerprint density at radius 3 is 2.37 bits per heavy atom. The number of hydrogen-bond donors (Lipinski definition) is 2. The predicted molar refractivity (Wildman–Crippen MR) is 95.9 cm³/mol. The summed E-state index contributed by atoms with van der Waals surface area (Å²) >= 11 is 0. The van der Waals surface area contributed by atoms with Gasteiger partial charge in [-0.15, -0.1) is 0 Å². The van der Waals surface area contributed by atoms with Crippen LogP contribution < -0.4 is 10.6 Å². The van der Waals surface area contributed by atoms with Crippen molar-refractivity contribution >= 4 is 23.1 Å². The summed E-state index contributed by atoms with van der Waals surface area (Å²) in [7, 11) is 0. The van der Waals surface area contributed by atoms with E-state index in [0.29, 0.717) is 16.9 Å². The molecule has 0 aliphatic rings. The molecule has 0 saturated heterocycles. The fourth-order valence-corrected chi connectivity index (χ4v) is 2.40. The second-order valence-corrected chi connectivity index (χ2v) is 5.77. The number of hydrogen-bond acceptors (Lipinski definition) is 5. The van der Waals surface area contributed by atoms with E-state index in [4.69, 9.17) is 5.26 Å². The Hall–Kier alpha value is -3.60. The molecule has 0 aliphatic carbocycles. The molecule has 2 aromatic carbocycles. The highest BCUT2D eigenvalue weighted by atomic mass is 19.4. The molecular formula is C19H14F3N5. The zero-order valence-corrected chi connectivity index (χ0v) is 14.2. The summed E-state index contributed by atoms with van der Waals surface area (Å²) < 4.78 is 39.9. The summed E-state index contributed by atoms with van der Waals surface area (Å²) in [5, 5.41) is 14.5. The first-order valence-corrected chi connectivity index (χ1v) is 7.90. The molecule has 5 nitrogen and oxygen atoms in total. The van der Waals surface area contributed by atoms with Gasteiger partial charge in [-0.05, 0) is 42.8 Å². The zero-order valence-electron chi connectivity index (χ0n) is 14.2. The Labute approximate surface area is 153 Å². The summed E-state index contributed by atoms with van der Waals surface area (Å²) in [6.45, 7) is 1.90. The zero-order chi connectivity index (χ0) is 19.4. The molecule has 0 atom stereocenters. The fourth-order valence-electron chi connectivity index (χ4n) is 2.40. The van der Waals surface area contributed by atoms with Crippen LogP contribution in [0.5, 0.6) is 0 Å². The summed E-state index contributed by atoms with van der Waals surface area (Å²) in [5.41, 5.74) is 1.28. The fraction of sp³-hybridized carbons (Fsp3) is 0.105. The lowest BCUT2D eigenvalue weighted by molar-refractivity contribution is -0.137. The SMILES string of the molecule is Cc1cccc(Nc2ncc(C(F)(F)F)c(Nc3cccc(C#N)c3)n2)c1. The van der Waals surface area contributed by atoms with Crippen LogP contribution in [-0.4, -0.2) is 9.97 Å². The monoisotopic (exact) mass is 369 g/mol. The van der Waals surface area contributed by atoms with E-state index in [2.05, 4.69) is 20.6 Å². The molecule has 0 amide bonds. The first kappa shape index (κ1) is 18.2. The van der Waals surface area contributed by atoms with Gasteiger partial charge in [0.25, 0.3) is 0 Å². The summed E-state index contributed by atoms with van der Waals surface area (Å²) in [6, 6.07) is 15.4. The van der Waals surface area contributed by atoms with Gasteiger partial charge in [-0.25, -0.2) is 4.98 Å². The van der Waals surface area contributed by atoms with E-state index in [1.807, 2.05) is 31.2 Å². The van der Waals surface area contributed by atoms with E-state index in [0.717, 1.165) is 11.8 Å². The molecule has 3 aromatic rings. The van der Waals surface area contributed by atoms with Crippen LogP contribution in [0.2, 0.25) is 0 Å². The van der Waals surface area contributed by atoms with Gasteiger partial charge in [-0.3, -0.25) is 0 Å². The number of nitriles is 1. The Balaban J connectivity index is 1.97. The van der Waals surface area contributed by atoms with Crippen molar-refractivity contribution in [3.63, 3.8) is 0 Å². The predicted octanol–water partition coefficient (Wildman–Crippen LogP) is 5.16. The lowest BCUT2D eigenvalue weighted by Gasteiger charge is -2.15. The molecule has 27 heavy (non-hydrogen) atoms. The van der Waals surface area contributed by atoms with Crippen molar-refractivity contribution in [2.24, 2.45) is 0 Å². The van der Waals surface area contributed by atoms with Crippen LogP contribution >= 0.6 is 0 Å². The normalized spacial score (nSPS) is 10.9. The van der Waals surface area contributed by atoms with E-state index < -0.39 is 17.6 Å². The maximum Gasteiger partial charge on any atom is 0.421 e. The molecule has 1 heterocycles. The van der Waals surface area contributed by atoms with E-state index in [1.165, 1.54) is 6.07 Å². The Morgan fingerprint density at radius 2 is 1.70 bits per heavy atom. The van der Waals surface area contributed by atoms with Crippen LogP contribution in [0.3, 0.4) is 0 Å². The standard InChI is InChI=1S/C19H14F3N5/c1-12-4-2-6-14(8-12)26-18-24-11-16(19(20,21)22)17(27-18)25-15-7-3-5-13(9-15)10-23/h2-9,11H,1H3,(H2,24,25,26,27). The Morgan fingerprint density at radius 1 is 1.00 bits per heavy atom. The van der Waals surface area contributed by atoms with E-state index in [9.17, 15) is 13.2 Å². The lowest BCUT2D eigenvalue weighted by Crippen LogP contribution is -2.12. The second kappa shape index (κ2) is 7.33. The van der Waals surface area contributed by atoms with Gasteiger partial charge in [0, 0.05) is 17.6 Å². The third kappa shape index (κ3) is 4.52. The van der Waals surface area contributed by atoms with Crippen LogP contribution in [0, 0.1) is 18.3 Å². The molecule has 2 N–H and O–H groups in total. The highest BCUT2D eigenvalue weighted by molar-refractivity contribution is 5.64. The van der Waals surface area contributed by atoms with Crippen molar-refractivity contribution in [2.75, 3.05) is 10.6 Å². The van der Waals surface area contributed by atoms with E-state index in [1.54, 1.807) is 24.3 Å². The quantitative estimate of drug-likeness (QED) is 0.664. The minimum Gasteiger partial charge on any atom is -0.340 e. The number of alkyl halides is 3. The van der Waals surface area contributed by atoms with Crippen LogP contribution in [0.15, 0.2) is 54.7 Å². The van der Waals surface area contributed by atoms with Gasteiger partial charge in [0.05, 0.1) is 11.6 Å². The average Bonchev–Trinajstić information content (AvgIpc) is 2.61. The number of benzene rings is 2. The smallest absolute Gasteiger partial charge is 0.340 e. The maximum absolute atomic E-state index is 13.3. The van der Waals surface area contributed by atoms with Crippen LogP contribution in [-0.2, 0) is 6.18 Å². The molecule has 0 radical (unpaired) electrons. The van der Waals surface area contributed by atoms with Gasteiger partial charge < -0.3 is 10.6 Å². The molecule has 0 unspecified atom stereocenters. The largest absolute Gasteiger partial charge is 0.421 e. The number of rotatable bonds is 4. The van der Waals surface area contributed by atoms with Gasteiger partial charge in [0.15, 0.2) is 0 Å². The Bertz CT molecular complexity index is 1010. The first-order chi connectivity index (χ1) is 12.8. The molecule has 136 valence electrons. The molecular weight excluding hydrogens is 355 g/mol. The van der Waals surface area contributed by atoms with Crippen LogP contribution in [0.25, 0.3) is 0 Å². The van der Waals surface area contributed by atoms with Gasteiger partial charge >= 0.3 is 6.18 Å². The first-order valence-electron chi connectivity index (χ1n) is 7.90. The lowest BCUT2D eigenvalue weighted by atomic mass is 10.2. The summed E-state index contributed by atoms with van der Waals surface area (Å²) in [4.78, 5) is 7.75. The highest BCUT2D eigenvalue weighted by Crippen LogP contribution is 2.35. The van der Waals surface area contributed by atoms with Crippen molar-refractivity contribution in [1.82, 2.24) is 9.97 Å². The molecule has 8 heteroatoms. The number of halogens is 3. The molecule has 0 bridgehead atoms. The molecule has 3 rings (SSSR count). The third-order valence-corrected chi connectivity index (χ3v) is 3.62. The Kier molecular flexibility index (Phi) is 4.94. The number of nitrogens with one attached hydrogen (secondary N) is 2. The maximum atomic E-state index is 13.3. The van der Waals surface area contributed by atoms with Gasteiger partial charge in [0.1, 0.15) is 11.4 Å². The summed E-state index contributed by atoms with van der Waals surface area (Å²) in [5.74, 6) is -0.379. The van der Waals surface area contributed by atoms with E-state index in [-0.39, 0.29) is 5.95 Å². The van der Waals surface area contributed by atoms with Crippen molar-refractivity contribution in [3.8, 4) is 6.07 Å². The van der Waals surface area contributed by atoms with Gasteiger partial charge in [-0.1, -0.05) is 18.2 Å². The van der Waals surface area contributed by atoms with Crippen molar-refractivity contribution in [1.29, 1.82) is 5.26 Å². The number of aromatic nitrogens is 2.